The molecule has 0 heterocycles. The Kier molecular flexibility index (Phi) is 3.23. The number of hydrogen-bond donors (Lipinski definition) is 2. The number of alkyl halides is 3. The maximum Gasteiger partial charge on any atom is 0.416 e. The van der Waals surface area contributed by atoms with Gasteiger partial charge in [-0.25, -0.2) is 0 Å². The van der Waals surface area contributed by atoms with Crippen LogP contribution in [0.1, 0.15) is 33.3 Å². The fourth-order valence-electron chi connectivity index (χ4n) is 2.96. The van der Waals surface area contributed by atoms with Crippen LogP contribution in [0.25, 0.3) is 0 Å². The van der Waals surface area contributed by atoms with E-state index in [1.165, 1.54) is 6.07 Å². The van der Waals surface area contributed by atoms with E-state index < -0.39 is 11.7 Å². The third-order valence-corrected chi connectivity index (χ3v) is 5.20. The lowest BCUT2D eigenvalue weighted by molar-refractivity contribution is -0.137. The fourth-order valence-corrected chi connectivity index (χ4v) is 2.96. The summed E-state index contributed by atoms with van der Waals surface area (Å²) < 4.78 is 37.7. The van der Waals surface area contributed by atoms with E-state index >= 15 is 0 Å². The van der Waals surface area contributed by atoms with E-state index in [-0.39, 0.29) is 16.5 Å². The molecule has 112 valence electrons. The monoisotopic (exact) mass is 286 g/mol. The Hall–Kier alpha value is -1.39. The Labute approximate surface area is 117 Å². The quantitative estimate of drug-likeness (QED) is 0.809. The first-order chi connectivity index (χ1) is 8.98. The molecule has 1 saturated carbocycles. The molecule has 0 spiro atoms. The molecule has 1 aliphatic rings. The van der Waals surface area contributed by atoms with Gasteiger partial charge >= 0.3 is 6.18 Å². The van der Waals surface area contributed by atoms with E-state index in [1.54, 1.807) is 0 Å². The molecule has 0 atom stereocenters. The Bertz CT molecular complexity index is 504. The number of halogens is 3. The summed E-state index contributed by atoms with van der Waals surface area (Å²) in [6.07, 6.45) is -4.35. The lowest BCUT2D eigenvalue weighted by atomic mass is 10.0. The Morgan fingerprint density at radius 1 is 1.15 bits per heavy atom. The molecule has 3 N–H and O–H groups in total. The highest BCUT2D eigenvalue weighted by Crippen LogP contribution is 2.68. The van der Waals surface area contributed by atoms with Crippen LogP contribution in [-0.2, 0) is 6.18 Å². The van der Waals surface area contributed by atoms with Crippen molar-refractivity contribution in [1.29, 1.82) is 0 Å². The minimum absolute atomic E-state index is 0.135. The van der Waals surface area contributed by atoms with Gasteiger partial charge in [-0.2, -0.15) is 13.2 Å². The van der Waals surface area contributed by atoms with Crippen LogP contribution in [0.15, 0.2) is 18.2 Å². The van der Waals surface area contributed by atoms with Gasteiger partial charge in [-0.1, -0.05) is 27.7 Å². The zero-order valence-electron chi connectivity index (χ0n) is 12.2. The lowest BCUT2D eigenvalue weighted by Crippen LogP contribution is -2.11. The summed E-state index contributed by atoms with van der Waals surface area (Å²) in [6, 6.07) is 3.44. The Morgan fingerprint density at radius 3 is 2.10 bits per heavy atom. The zero-order chi connectivity index (χ0) is 15.3. The summed E-state index contributed by atoms with van der Waals surface area (Å²) in [5, 5.41) is 3.17. The van der Waals surface area contributed by atoms with Crippen molar-refractivity contribution in [2.45, 2.75) is 33.9 Å². The van der Waals surface area contributed by atoms with Gasteiger partial charge in [0, 0.05) is 6.54 Å². The largest absolute Gasteiger partial charge is 0.416 e. The highest BCUT2D eigenvalue weighted by molar-refractivity contribution is 5.67. The highest BCUT2D eigenvalue weighted by Gasteiger charge is 2.64. The van der Waals surface area contributed by atoms with Crippen LogP contribution in [0, 0.1) is 16.7 Å². The van der Waals surface area contributed by atoms with Crippen LogP contribution in [0.5, 0.6) is 0 Å². The van der Waals surface area contributed by atoms with E-state index in [4.69, 9.17) is 5.73 Å². The van der Waals surface area contributed by atoms with Crippen molar-refractivity contribution >= 4 is 11.4 Å². The van der Waals surface area contributed by atoms with Crippen molar-refractivity contribution in [1.82, 2.24) is 0 Å². The Morgan fingerprint density at radius 2 is 1.70 bits per heavy atom. The first-order valence-corrected chi connectivity index (χ1v) is 6.68. The Balaban J connectivity index is 2.06. The molecule has 0 radical (unpaired) electrons. The molecular formula is C15H21F3N2. The molecule has 2 nitrogen and oxygen atoms in total. The molecule has 0 amide bonds. The van der Waals surface area contributed by atoms with E-state index in [9.17, 15) is 13.2 Å². The fraction of sp³-hybridized carbons (Fsp3) is 0.600. The maximum atomic E-state index is 12.6. The van der Waals surface area contributed by atoms with E-state index in [1.807, 2.05) is 0 Å². The minimum atomic E-state index is -4.35. The molecule has 0 bridgehead atoms. The number of hydrogen-bond acceptors (Lipinski definition) is 2. The number of anilines is 2. The van der Waals surface area contributed by atoms with E-state index in [2.05, 4.69) is 33.0 Å². The third kappa shape index (κ3) is 2.34. The number of nitrogen functional groups attached to an aromatic ring is 1. The second-order valence-electron chi connectivity index (χ2n) is 6.68. The molecular weight excluding hydrogens is 265 g/mol. The molecule has 1 fully saturated rings. The molecule has 1 aliphatic carbocycles. The van der Waals surface area contributed by atoms with Gasteiger partial charge in [0.25, 0.3) is 0 Å². The van der Waals surface area contributed by atoms with Crippen LogP contribution in [0.3, 0.4) is 0 Å². The average molecular weight is 286 g/mol. The van der Waals surface area contributed by atoms with Gasteiger partial charge in [0.2, 0.25) is 0 Å². The minimum Gasteiger partial charge on any atom is -0.397 e. The summed E-state index contributed by atoms with van der Waals surface area (Å²) >= 11 is 0. The molecule has 5 heteroatoms. The van der Waals surface area contributed by atoms with E-state index in [0.29, 0.717) is 11.6 Å². The molecule has 2 rings (SSSR count). The van der Waals surface area contributed by atoms with Crippen LogP contribution in [-0.4, -0.2) is 6.54 Å². The normalized spacial score (nSPS) is 20.8. The molecule has 1 aromatic carbocycles. The van der Waals surface area contributed by atoms with Crippen molar-refractivity contribution < 1.29 is 13.2 Å². The molecule has 0 aliphatic heterocycles. The molecule has 0 aromatic heterocycles. The smallest absolute Gasteiger partial charge is 0.397 e. The maximum absolute atomic E-state index is 12.6. The standard InChI is InChI=1S/C15H21F3N2/c1-13(2)12(14(13,3)4)8-20-11-6-5-9(7-10(11)19)15(16,17)18/h5-7,12,20H,8,19H2,1-4H3. The topological polar surface area (TPSA) is 38.0 Å². The lowest BCUT2D eigenvalue weighted by Gasteiger charge is -2.13. The van der Waals surface area contributed by atoms with Crippen LogP contribution in [0.4, 0.5) is 24.5 Å². The van der Waals surface area contributed by atoms with Crippen molar-refractivity contribution in [2.24, 2.45) is 16.7 Å². The van der Waals surface area contributed by atoms with Crippen LogP contribution < -0.4 is 11.1 Å². The number of rotatable bonds is 3. The molecule has 1 aromatic rings. The average Bonchev–Trinajstić information content (AvgIpc) is 2.67. The summed E-state index contributed by atoms with van der Waals surface area (Å²) in [5.41, 5.74) is 6.16. The second kappa shape index (κ2) is 4.30. The second-order valence-corrected chi connectivity index (χ2v) is 6.68. The SMILES string of the molecule is CC1(C)C(CNc2ccc(C(F)(F)F)cc2N)C1(C)C. The van der Waals surface area contributed by atoms with Gasteiger partial charge in [-0.05, 0) is 34.9 Å². The van der Waals surface area contributed by atoms with Crippen molar-refractivity contribution in [3.63, 3.8) is 0 Å². The molecule has 0 saturated heterocycles. The van der Waals surface area contributed by atoms with Crippen LogP contribution >= 0.6 is 0 Å². The first kappa shape index (κ1) is 15.0. The van der Waals surface area contributed by atoms with Gasteiger partial charge in [-0.15, -0.1) is 0 Å². The predicted octanol–water partition coefficient (Wildman–Crippen LogP) is 4.38. The number of nitrogens with one attached hydrogen (secondary N) is 1. The predicted molar refractivity (Wildman–Crippen MR) is 75.4 cm³/mol. The highest BCUT2D eigenvalue weighted by atomic mass is 19.4. The van der Waals surface area contributed by atoms with Crippen molar-refractivity contribution in [3.8, 4) is 0 Å². The van der Waals surface area contributed by atoms with E-state index in [0.717, 1.165) is 18.7 Å². The number of benzene rings is 1. The summed E-state index contributed by atoms with van der Waals surface area (Å²) in [6.45, 7) is 9.53. The van der Waals surface area contributed by atoms with Gasteiger partial charge in [-0.3, -0.25) is 0 Å². The van der Waals surface area contributed by atoms with Crippen molar-refractivity contribution in [2.75, 3.05) is 17.6 Å². The summed E-state index contributed by atoms with van der Waals surface area (Å²) in [4.78, 5) is 0. The van der Waals surface area contributed by atoms with Gasteiger partial charge in [0.05, 0.1) is 16.9 Å². The zero-order valence-corrected chi connectivity index (χ0v) is 12.2. The third-order valence-electron chi connectivity index (χ3n) is 5.20. The molecule has 20 heavy (non-hydrogen) atoms. The van der Waals surface area contributed by atoms with Gasteiger partial charge in [0.15, 0.2) is 0 Å². The van der Waals surface area contributed by atoms with Crippen molar-refractivity contribution in [3.05, 3.63) is 23.8 Å². The van der Waals surface area contributed by atoms with Gasteiger partial charge < -0.3 is 11.1 Å². The summed E-state index contributed by atoms with van der Waals surface area (Å²) in [7, 11) is 0. The van der Waals surface area contributed by atoms with Gasteiger partial charge in [0.1, 0.15) is 0 Å². The van der Waals surface area contributed by atoms with Crippen LogP contribution in [0.2, 0.25) is 0 Å². The molecule has 0 unspecified atom stereocenters. The number of nitrogens with two attached hydrogens (primary N) is 1. The summed E-state index contributed by atoms with van der Waals surface area (Å²) in [5.74, 6) is 0.483. The first-order valence-electron chi connectivity index (χ1n) is 6.68.